The van der Waals surface area contributed by atoms with Crippen LogP contribution in [-0.2, 0) is 4.43 Å². The molecule has 0 aliphatic heterocycles. The van der Waals surface area contributed by atoms with Gasteiger partial charge in [-0.15, -0.1) is 11.6 Å². The third-order valence-corrected chi connectivity index (χ3v) is 7.71. The number of hydrogen-bond donors (Lipinski definition) is 0. The van der Waals surface area contributed by atoms with E-state index in [0.717, 1.165) is 12.3 Å². The summed E-state index contributed by atoms with van der Waals surface area (Å²) in [5.74, 6) is 0.793. The van der Waals surface area contributed by atoms with Crippen molar-refractivity contribution in [3.8, 4) is 0 Å². The second-order valence-corrected chi connectivity index (χ2v) is 8.31. The highest BCUT2D eigenvalue weighted by molar-refractivity contribution is 6.73. The van der Waals surface area contributed by atoms with Crippen molar-refractivity contribution in [3.05, 3.63) is 0 Å². The van der Waals surface area contributed by atoms with Crippen molar-refractivity contribution < 1.29 is 4.43 Å². The first-order chi connectivity index (χ1) is 5.74. The molecular weight excluding hydrogens is 188 g/mol. The number of hydrogen-bond acceptors (Lipinski definition) is 1. The fraction of sp³-hybridized carbons (Fsp3) is 1.00. The highest BCUT2D eigenvalue weighted by Crippen LogP contribution is 2.23. The Balaban J connectivity index is 3.76. The molecule has 0 fully saturated rings. The zero-order valence-corrected chi connectivity index (χ0v) is 10.3. The van der Waals surface area contributed by atoms with Gasteiger partial charge in [0.1, 0.15) is 0 Å². The maximum atomic E-state index is 5.68. The Morgan fingerprint density at radius 2 is 1.75 bits per heavy atom. The van der Waals surface area contributed by atoms with Gasteiger partial charge in [0.2, 0.25) is 0 Å². The lowest BCUT2D eigenvalue weighted by Crippen LogP contribution is -2.34. The monoisotopic (exact) mass is 208 g/mol. The van der Waals surface area contributed by atoms with Crippen LogP contribution in [0.4, 0.5) is 0 Å². The van der Waals surface area contributed by atoms with E-state index in [-0.39, 0.29) is 0 Å². The first-order valence-electron chi connectivity index (χ1n) is 4.85. The second-order valence-electron chi connectivity index (χ2n) is 3.24. The van der Waals surface area contributed by atoms with E-state index in [2.05, 4.69) is 13.8 Å². The van der Waals surface area contributed by atoms with Gasteiger partial charge >= 0.3 is 0 Å². The summed E-state index contributed by atoms with van der Waals surface area (Å²) >= 11 is 5.63. The van der Waals surface area contributed by atoms with Gasteiger partial charge in [0, 0.05) is 13.0 Å². The third kappa shape index (κ3) is 3.92. The molecule has 0 aliphatic rings. The predicted molar refractivity (Wildman–Crippen MR) is 58.5 cm³/mol. The molecule has 0 spiro atoms. The van der Waals surface area contributed by atoms with Gasteiger partial charge in [-0.05, 0) is 24.6 Å². The van der Waals surface area contributed by atoms with E-state index in [9.17, 15) is 0 Å². The molecule has 0 N–H and O–H groups in total. The van der Waals surface area contributed by atoms with Crippen LogP contribution in [0.2, 0.25) is 18.1 Å². The van der Waals surface area contributed by atoms with Crippen molar-refractivity contribution in [1.82, 2.24) is 0 Å². The molecule has 0 saturated heterocycles. The fourth-order valence-electron chi connectivity index (χ4n) is 1.54. The summed E-state index contributed by atoms with van der Waals surface area (Å²) in [6, 6.07) is 3.76. The van der Waals surface area contributed by atoms with E-state index in [1.54, 1.807) is 0 Å². The minimum Gasteiger partial charge on any atom is -0.420 e. The lowest BCUT2D eigenvalue weighted by atomic mass is 10.4. The number of halogens is 1. The normalized spacial score (nSPS) is 12.0. The molecule has 0 unspecified atom stereocenters. The minimum absolute atomic E-state index is 0.793. The molecule has 0 rings (SSSR count). The van der Waals surface area contributed by atoms with E-state index in [1.807, 2.05) is 7.11 Å². The van der Waals surface area contributed by atoms with Crippen LogP contribution in [0, 0.1) is 0 Å². The van der Waals surface area contributed by atoms with Crippen molar-refractivity contribution in [2.45, 2.75) is 44.8 Å². The molecule has 0 amide bonds. The van der Waals surface area contributed by atoms with Crippen molar-refractivity contribution in [2.75, 3.05) is 13.0 Å². The predicted octanol–water partition coefficient (Wildman–Crippen LogP) is 3.64. The molecule has 12 heavy (non-hydrogen) atoms. The molecule has 0 aliphatic carbocycles. The topological polar surface area (TPSA) is 9.23 Å². The lowest BCUT2D eigenvalue weighted by molar-refractivity contribution is 0.390. The summed E-state index contributed by atoms with van der Waals surface area (Å²) in [5.41, 5.74) is 0. The Labute approximate surface area is 82.6 Å². The van der Waals surface area contributed by atoms with Gasteiger partial charge in [0.05, 0.1) is 0 Å². The van der Waals surface area contributed by atoms with Crippen molar-refractivity contribution in [2.24, 2.45) is 0 Å². The average molecular weight is 209 g/mol. The van der Waals surface area contributed by atoms with Gasteiger partial charge in [0.15, 0.2) is 8.32 Å². The molecule has 3 heteroatoms. The van der Waals surface area contributed by atoms with Gasteiger partial charge in [-0.2, -0.15) is 0 Å². The Morgan fingerprint density at radius 1 is 1.17 bits per heavy atom. The van der Waals surface area contributed by atoms with Crippen LogP contribution in [0.3, 0.4) is 0 Å². The zero-order valence-electron chi connectivity index (χ0n) is 8.53. The first-order valence-corrected chi connectivity index (χ1v) is 7.92. The van der Waals surface area contributed by atoms with E-state index < -0.39 is 8.32 Å². The van der Waals surface area contributed by atoms with Gasteiger partial charge in [-0.25, -0.2) is 0 Å². The van der Waals surface area contributed by atoms with Crippen molar-refractivity contribution >= 4 is 19.9 Å². The summed E-state index contributed by atoms with van der Waals surface area (Å²) < 4.78 is 5.68. The standard InChI is InChI=1S/C9H21ClOSi/c1-4-12(5-2,11-3)9-7-6-8-10/h4-9H2,1-3H3. The van der Waals surface area contributed by atoms with Crippen LogP contribution >= 0.6 is 11.6 Å². The molecule has 1 nitrogen and oxygen atoms in total. The molecule has 0 heterocycles. The van der Waals surface area contributed by atoms with Crippen LogP contribution in [0.15, 0.2) is 0 Å². The largest absolute Gasteiger partial charge is 0.420 e. The Bertz CT molecular complexity index is 96.4. The van der Waals surface area contributed by atoms with Crippen molar-refractivity contribution in [3.63, 3.8) is 0 Å². The highest BCUT2D eigenvalue weighted by atomic mass is 35.5. The molecule has 0 atom stereocenters. The minimum atomic E-state index is -1.31. The van der Waals surface area contributed by atoms with Gasteiger partial charge in [0.25, 0.3) is 0 Å². The molecule has 0 saturated carbocycles. The highest BCUT2D eigenvalue weighted by Gasteiger charge is 2.28. The smallest absolute Gasteiger partial charge is 0.191 e. The second kappa shape index (κ2) is 6.93. The van der Waals surface area contributed by atoms with Crippen LogP contribution in [0.5, 0.6) is 0 Å². The summed E-state index contributed by atoms with van der Waals surface area (Å²) in [5, 5.41) is 0. The molecule has 0 aromatic heterocycles. The van der Waals surface area contributed by atoms with E-state index >= 15 is 0 Å². The number of rotatable bonds is 7. The molecule has 0 bridgehead atoms. The maximum absolute atomic E-state index is 5.68. The quantitative estimate of drug-likeness (QED) is 0.353. The summed E-state index contributed by atoms with van der Waals surface area (Å²) in [6.07, 6.45) is 2.38. The third-order valence-electron chi connectivity index (χ3n) is 2.74. The molecule has 0 aromatic carbocycles. The van der Waals surface area contributed by atoms with Crippen molar-refractivity contribution in [1.29, 1.82) is 0 Å². The molecule has 0 aromatic rings. The van der Waals surface area contributed by atoms with E-state index in [0.29, 0.717) is 0 Å². The first kappa shape index (κ1) is 12.5. The number of unbranched alkanes of at least 4 members (excludes halogenated alkanes) is 1. The van der Waals surface area contributed by atoms with Gasteiger partial charge in [-0.1, -0.05) is 20.3 Å². The fourth-order valence-corrected chi connectivity index (χ4v) is 4.61. The average Bonchev–Trinajstić information content (AvgIpc) is 2.14. The lowest BCUT2D eigenvalue weighted by Gasteiger charge is -2.26. The molecule has 0 radical (unpaired) electrons. The van der Waals surface area contributed by atoms with E-state index in [4.69, 9.17) is 16.0 Å². The van der Waals surface area contributed by atoms with Crippen LogP contribution in [0.25, 0.3) is 0 Å². The van der Waals surface area contributed by atoms with Crippen LogP contribution < -0.4 is 0 Å². The molecule has 74 valence electrons. The van der Waals surface area contributed by atoms with Gasteiger partial charge < -0.3 is 4.43 Å². The Morgan fingerprint density at radius 3 is 2.08 bits per heavy atom. The van der Waals surface area contributed by atoms with Crippen LogP contribution in [-0.4, -0.2) is 21.3 Å². The summed E-state index contributed by atoms with van der Waals surface area (Å²) in [7, 11) is 0.562. The molecular formula is C9H21ClOSi. The van der Waals surface area contributed by atoms with Crippen LogP contribution in [0.1, 0.15) is 26.7 Å². The summed E-state index contributed by atoms with van der Waals surface area (Å²) in [6.45, 7) is 4.50. The SMILES string of the molecule is CC[Si](CC)(CCCCCl)OC. The Hall–Kier alpha value is 0.467. The Kier molecular flexibility index (Phi) is 7.20. The zero-order chi connectivity index (χ0) is 9.45. The summed E-state index contributed by atoms with van der Waals surface area (Å²) in [4.78, 5) is 0. The van der Waals surface area contributed by atoms with E-state index in [1.165, 1.54) is 24.6 Å². The number of alkyl halides is 1. The van der Waals surface area contributed by atoms with Gasteiger partial charge in [-0.3, -0.25) is 0 Å². The maximum Gasteiger partial charge on any atom is 0.191 e.